The van der Waals surface area contributed by atoms with E-state index in [0.717, 1.165) is 18.4 Å². The van der Waals surface area contributed by atoms with Gasteiger partial charge in [0.05, 0.1) is 24.2 Å². The van der Waals surface area contributed by atoms with Gasteiger partial charge in [0.1, 0.15) is 23.2 Å². The lowest BCUT2D eigenvalue weighted by Crippen LogP contribution is -2.27. The number of aryl methyl sites for hydroxylation is 1. The summed E-state index contributed by atoms with van der Waals surface area (Å²) in [4.78, 5) is 25.5. The van der Waals surface area contributed by atoms with Crippen LogP contribution in [0.4, 0.5) is 0 Å². The van der Waals surface area contributed by atoms with E-state index in [1.165, 1.54) is 6.26 Å². The molecule has 0 unspecified atom stereocenters. The first-order valence-corrected chi connectivity index (χ1v) is 11.6. The molecule has 4 rings (SSSR count). The minimum Gasteiger partial charge on any atom is -0.490 e. The summed E-state index contributed by atoms with van der Waals surface area (Å²) in [5.41, 5.74) is 1.62. The molecule has 1 aromatic heterocycles. The van der Waals surface area contributed by atoms with Crippen LogP contribution in [0.25, 0.3) is 22.1 Å². The van der Waals surface area contributed by atoms with E-state index >= 15 is 0 Å². The van der Waals surface area contributed by atoms with Gasteiger partial charge in [-0.2, -0.15) is 0 Å². The molecule has 180 valence electrons. The van der Waals surface area contributed by atoms with Gasteiger partial charge in [0.2, 0.25) is 5.43 Å². The van der Waals surface area contributed by atoms with Crippen LogP contribution >= 0.6 is 0 Å². The lowest BCUT2D eigenvalue weighted by molar-refractivity contribution is -0.157. The molecule has 0 spiro atoms. The van der Waals surface area contributed by atoms with E-state index in [1.807, 2.05) is 25.1 Å². The number of fused-ring (bicyclic) bond motifs is 2. The maximum absolute atomic E-state index is 13.4. The van der Waals surface area contributed by atoms with Crippen LogP contribution in [-0.2, 0) is 16.0 Å². The quantitative estimate of drug-likeness (QED) is 0.456. The maximum atomic E-state index is 13.4. The fourth-order valence-electron chi connectivity index (χ4n) is 3.84. The zero-order chi connectivity index (χ0) is 24.3. The summed E-state index contributed by atoms with van der Waals surface area (Å²) < 4.78 is 28.4. The van der Waals surface area contributed by atoms with Gasteiger partial charge in [0, 0.05) is 12.5 Å². The Morgan fingerprint density at radius 3 is 2.56 bits per heavy atom. The van der Waals surface area contributed by atoms with E-state index in [0.29, 0.717) is 59.0 Å². The van der Waals surface area contributed by atoms with Gasteiger partial charge in [-0.05, 0) is 56.5 Å². The normalized spacial score (nSPS) is 13.4. The lowest BCUT2D eigenvalue weighted by Gasteiger charge is -2.20. The topological polar surface area (TPSA) is 84.2 Å². The Morgan fingerprint density at radius 2 is 1.82 bits per heavy atom. The van der Waals surface area contributed by atoms with Crippen molar-refractivity contribution < 1.29 is 28.2 Å². The van der Waals surface area contributed by atoms with Gasteiger partial charge in [-0.1, -0.05) is 19.4 Å². The molecular weight excluding hydrogens is 436 g/mol. The average Bonchev–Trinajstić information content (AvgIpc) is 3.02. The zero-order valence-corrected chi connectivity index (χ0v) is 20.1. The van der Waals surface area contributed by atoms with Crippen LogP contribution in [-0.4, -0.2) is 31.4 Å². The molecule has 7 heteroatoms. The van der Waals surface area contributed by atoms with Crippen LogP contribution in [0.3, 0.4) is 0 Å². The Balaban J connectivity index is 1.67. The van der Waals surface area contributed by atoms with Crippen molar-refractivity contribution in [2.24, 2.45) is 0 Å². The number of hydrogen-bond acceptors (Lipinski definition) is 7. The van der Waals surface area contributed by atoms with Crippen LogP contribution in [0, 0.1) is 0 Å². The summed E-state index contributed by atoms with van der Waals surface area (Å²) >= 11 is 0. The molecule has 7 nitrogen and oxygen atoms in total. The highest BCUT2D eigenvalue weighted by molar-refractivity contribution is 5.84. The van der Waals surface area contributed by atoms with Crippen LogP contribution in [0.5, 0.6) is 17.2 Å². The fourth-order valence-corrected chi connectivity index (χ4v) is 3.84. The number of benzene rings is 2. The molecule has 2 aromatic carbocycles. The highest BCUT2D eigenvalue weighted by Crippen LogP contribution is 2.34. The summed E-state index contributed by atoms with van der Waals surface area (Å²) in [6.07, 6.45) is 3.79. The van der Waals surface area contributed by atoms with Crippen LogP contribution in [0.2, 0.25) is 0 Å². The van der Waals surface area contributed by atoms with Crippen molar-refractivity contribution in [3.63, 3.8) is 0 Å². The summed E-state index contributed by atoms with van der Waals surface area (Å²) in [5.74, 6) is 1.34. The lowest BCUT2D eigenvalue weighted by atomic mass is 10.0. The third-order valence-corrected chi connectivity index (χ3v) is 5.30. The maximum Gasteiger partial charge on any atom is 0.344 e. The zero-order valence-electron chi connectivity index (χ0n) is 20.1. The van der Waals surface area contributed by atoms with E-state index in [9.17, 15) is 9.59 Å². The molecular formula is C27H30O7. The first kappa shape index (κ1) is 23.7. The molecule has 34 heavy (non-hydrogen) atoms. The summed E-state index contributed by atoms with van der Waals surface area (Å²) in [6.45, 7) is 8.40. The monoisotopic (exact) mass is 466 g/mol. The van der Waals surface area contributed by atoms with E-state index in [4.69, 9.17) is 23.4 Å². The van der Waals surface area contributed by atoms with Crippen molar-refractivity contribution in [1.82, 2.24) is 0 Å². The van der Waals surface area contributed by atoms with Crippen molar-refractivity contribution in [2.75, 3.05) is 19.8 Å². The van der Waals surface area contributed by atoms with Crippen molar-refractivity contribution in [3.8, 4) is 28.4 Å². The largest absolute Gasteiger partial charge is 0.490 e. The molecule has 0 radical (unpaired) electrons. The average molecular weight is 467 g/mol. The van der Waals surface area contributed by atoms with Gasteiger partial charge in [-0.15, -0.1) is 0 Å². The smallest absolute Gasteiger partial charge is 0.344 e. The summed E-state index contributed by atoms with van der Waals surface area (Å²) in [6, 6.07) is 8.92. The van der Waals surface area contributed by atoms with Crippen molar-refractivity contribution in [1.29, 1.82) is 0 Å². The fraction of sp³-hybridized carbons (Fsp3) is 0.407. The number of esters is 1. The Hall–Kier alpha value is -3.48. The van der Waals surface area contributed by atoms with E-state index in [1.54, 1.807) is 32.9 Å². The number of ether oxygens (including phenoxy) is 4. The third-order valence-electron chi connectivity index (χ3n) is 5.30. The Morgan fingerprint density at radius 1 is 1.06 bits per heavy atom. The Bertz CT molecular complexity index is 1250. The number of carbonyl (C=O) groups excluding carboxylic acids is 1. The SMILES string of the molecule is CCCc1cc2c(=O)c(-c3ccc4c(c3)OCCCO4)coc2cc1OCC(=O)OC(C)(C)C. The molecule has 2 heterocycles. The predicted molar refractivity (Wildman–Crippen MR) is 129 cm³/mol. The summed E-state index contributed by atoms with van der Waals surface area (Å²) in [5, 5.41) is 0.456. The molecule has 0 aliphatic carbocycles. The second-order valence-electron chi connectivity index (χ2n) is 9.27. The van der Waals surface area contributed by atoms with E-state index in [-0.39, 0.29) is 12.0 Å². The minimum absolute atomic E-state index is 0.146. The van der Waals surface area contributed by atoms with Gasteiger partial charge < -0.3 is 23.4 Å². The number of hydrogen-bond donors (Lipinski definition) is 0. The van der Waals surface area contributed by atoms with Gasteiger partial charge in [0.25, 0.3) is 0 Å². The minimum atomic E-state index is -0.591. The molecule has 0 fully saturated rings. The molecule has 1 aliphatic heterocycles. The highest BCUT2D eigenvalue weighted by Gasteiger charge is 2.19. The molecule has 3 aromatic rings. The Labute approximate surface area is 198 Å². The number of carbonyl (C=O) groups is 1. The van der Waals surface area contributed by atoms with Crippen LogP contribution in [0.15, 0.2) is 45.8 Å². The van der Waals surface area contributed by atoms with Crippen molar-refractivity contribution in [2.45, 2.75) is 52.6 Å². The number of rotatable bonds is 6. The van der Waals surface area contributed by atoms with E-state index in [2.05, 4.69) is 0 Å². The molecule has 0 amide bonds. The molecule has 0 N–H and O–H groups in total. The molecule has 1 aliphatic rings. The predicted octanol–water partition coefficient (Wildman–Crippen LogP) is 5.29. The Kier molecular flexibility index (Phi) is 6.82. The van der Waals surface area contributed by atoms with Gasteiger partial charge >= 0.3 is 5.97 Å². The van der Waals surface area contributed by atoms with Crippen LogP contribution < -0.4 is 19.6 Å². The third kappa shape index (κ3) is 5.35. The molecule has 0 atom stereocenters. The second kappa shape index (κ2) is 9.79. The van der Waals surface area contributed by atoms with Crippen LogP contribution in [0.1, 0.15) is 46.1 Å². The standard InChI is InChI=1S/C27H30O7/c1-5-7-18-12-19-23(14-22(18)33-16-25(28)34-27(2,3)4)32-15-20(26(19)29)17-8-9-21-24(13-17)31-11-6-10-30-21/h8-9,12-15H,5-7,10-11,16H2,1-4H3. The second-order valence-corrected chi connectivity index (χ2v) is 9.27. The first-order valence-electron chi connectivity index (χ1n) is 11.6. The van der Waals surface area contributed by atoms with Gasteiger partial charge in [0.15, 0.2) is 18.1 Å². The van der Waals surface area contributed by atoms with Gasteiger partial charge in [-0.25, -0.2) is 4.79 Å². The van der Waals surface area contributed by atoms with Gasteiger partial charge in [-0.3, -0.25) is 4.79 Å². The van der Waals surface area contributed by atoms with Crippen molar-refractivity contribution in [3.05, 3.63) is 52.4 Å². The van der Waals surface area contributed by atoms with E-state index < -0.39 is 11.6 Å². The summed E-state index contributed by atoms with van der Waals surface area (Å²) in [7, 11) is 0. The highest BCUT2D eigenvalue weighted by atomic mass is 16.6. The van der Waals surface area contributed by atoms with Crippen molar-refractivity contribution >= 4 is 16.9 Å². The molecule has 0 bridgehead atoms. The first-order chi connectivity index (χ1) is 16.2. The molecule has 0 saturated carbocycles. The molecule has 0 saturated heterocycles.